The van der Waals surface area contributed by atoms with Gasteiger partial charge in [0.15, 0.2) is 0 Å². The summed E-state index contributed by atoms with van der Waals surface area (Å²) < 4.78 is 31.4. The lowest BCUT2D eigenvalue weighted by molar-refractivity contribution is -0.175. The van der Waals surface area contributed by atoms with Crippen molar-refractivity contribution in [2.75, 3.05) is 11.9 Å². The van der Waals surface area contributed by atoms with E-state index in [0.717, 1.165) is 5.56 Å². The van der Waals surface area contributed by atoms with Gasteiger partial charge in [-0.3, -0.25) is 4.79 Å². The van der Waals surface area contributed by atoms with Crippen LogP contribution in [-0.4, -0.2) is 24.4 Å². The predicted molar refractivity (Wildman–Crippen MR) is 69.1 cm³/mol. The highest BCUT2D eigenvalue weighted by Crippen LogP contribution is 2.26. The Balaban J connectivity index is 2.90. The number of hydrogen-bond donors (Lipinski definition) is 1. The number of nitrogens with one attached hydrogen (secondary N) is 1. The van der Waals surface area contributed by atoms with E-state index in [0.29, 0.717) is 4.47 Å². The molecule has 104 valence electrons. The van der Waals surface area contributed by atoms with Gasteiger partial charge in [0, 0.05) is 4.47 Å². The zero-order chi connectivity index (χ0) is 14.6. The SMILES string of the molecule is CCOC(=O)C(F)(F)C(=O)Nc1cc(C)ccc1Br. The number of esters is 1. The number of benzene rings is 1. The molecule has 0 aliphatic carbocycles. The van der Waals surface area contributed by atoms with Crippen LogP contribution in [0.1, 0.15) is 12.5 Å². The number of ether oxygens (including phenoxy) is 1. The van der Waals surface area contributed by atoms with Crippen LogP contribution in [-0.2, 0) is 14.3 Å². The van der Waals surface area contributed by atoms with E-state index in [4.69, 9.17) is 0 Å². The van der Waals surface area contributed by atoms with Crippen molar-refractivity contribution in [3.8, 4) is 0 Å². The van der Waals surface area contributed by atoms with Gasteiger partial charge >= 0.3 is 17.8 Å². The smallest absolute Gasteiger partial charge is 0.419 e. The second-order valence-corrected chi connectivity index (χ2v) is 4.59. The molecule has 0 atom stereocenters. The first-order chi connectivity index (χ1) is 8.78. The lowest BCUT2D eigenvalue weighted by atomic mass is 10.2. The zero-order valence-electron chi connectivity index (χ0n) is 10.3. The number of amides is 1. The van der Waals surface area contributed by atoms with Crippen molar-refractivity contribution >= 4 is 33.5 Å². The Morgan fingerprint density at radius 3 is 2.63 bits per heavy atom. The first kappa shape index (κ1) is 15.6. The molecule has 0 unspecified atom stereocenters. The lowest BCUT2D eigenvalue weighted by Gasteiger charge is -2.15. The predicted octanol–water partition coefficient (Wildman–Crippen LogP) is 2.89. The molecule has 0 saturated carbocycles. The van der Waals surface area contributed by atoms with Crippen molar-refractivity contribution in [2.24, 2.45) is 0 Å². The van der Waals surface area contributed by atoms with Crippen LogP contribution >= 0.6 is 15.9 Å². The van der Waals surface area contributed by atoms with E-state index in [-0.39, 0.29) is 12.3 Å². The van der Waals surface area contributed by atoms with Gasteiger partial charge in [-0.15, -0.1) is 0 Å². The van der Waals surface area contributed by atoms with Crippen molar-refractivity contribution < 1.29 is 23.1 Å². The van der Waals surface area contributed by atoms with Crippen LogP contribution < -0.4 is 5.32 Å². The molecule has 0 radical (unpaired) electrons. The number of alkyl halides is 2. The maximum absolute atomic E-state index is 13.4. The van der Waals surface area contributed by atoms with E-state index < -0.39 is 17.8 Å². The molecule has 0 saturated heterocycles. The highest BCUT2D eigenvalue weighted by atomic mass is 79.9. The van der Waals surface area contributed by atoms with Gasteiger partial charge in [-0.05, 0) is 47.5 Å². The van der Waals surface area contributed by atoms with Gasteiger partial charge in [0.05, 0.1) is 12.3 Å². The molecule has 1 rings (SSSR count). The highest BCUT2D eigenvalue weighted by molar-refractivity contribution is 9.10. The maximum Gasteiger partial charge on any atom is 0.419 e. The molecule has 0 fully saturated rings. The van der Waals surface area contributed by atoms with Crippen molar-refractivity contribution in [3.05, 3.63) is 28.2 Å². The summed E-state index contributed by atoms with van der Waals surface area (Å²) in [5.74, 6) is -7.81. The standard InChI is InChI=1S/C12H12BrF2NO3/c1-3-19-11(18)12(14,15)10(17)16-9-6-7(2)4-5-8(9)13/h4-6H,3H2,1-2H3,(H,16,17). The Morgan fingerprint density at radius 1 is 1.42 bits per heavy atom. The Hall–Kier alpha value is -1.50. The Bertz CT molecular complexity index is 506. The molecule has 0 heterocycles. The van der Waals surface area contributed by atoms with Crippen molar-refractivity contribution in [2.45, 2.75) is 19.8 Å². The van der Waals surface area contributed by atoms with Crippen LogP contribution in [0.3, 0.4) is 0 Å². The molecule has 0 aromatic heterocycles. The Kier molecular flexibility index (Phi) is 4.99. The van der Waals surface area contributed by atoms with E-state index in [1.54, 1.807) is 19.1 Å². The molecule has 1 N–H and O–H groups in total. The fraction of sp³-hybridized carbons (Fsp3) is 0.333. The Labute approximate surface area is 117 Å². The molecule has 0 aliphatic rings. The van der Waals surface area contributed by atoms with Crippen molar-refractivity contribution in [3.63, 3.8) is 0 Å². The van der Waals surface area contributed by atoms with Crippen molar-refractivity contribution in [1.29, 1.82) is 0 Å². The summed E-state index contributed by atoms with van der Waals surface area (Å²) in [7, 11) is 0. The van der Waals surface area contributed by atoms with Gasteiger partial charge in [-0.2, -0.15) is 8.78 Å². The number of carbonyl (C=O) groups is 2. The Morgan fingerprint density at radius 2 is 2.05 bits per heavy atom. The fourth-order valence-electron chi connectivity index (χ4n) is 1.25. The monoisotopic (exact) mass is 335 g/mol. The third-order valence-corrected chi connectivity index (χ3v) is 2.88. The number of rotatable bonds is 4. The number of aryl methyl sites for hydroxylation is 1. The molecule has 19 heavy (non-hydrogen) atoms. The summed E-state index contributed by atoms with van der Waals surface area (Å²) in [6, 6.07) is 4.85. The quantitative estimate of drug-likeness (QED) is 0.679. The molecule has 1 aromatic carbocycles. The summed E-state index contributed by atoms with van der Waals surface area (Å²) in [6.45, 7) is 2.89. The second kappa shape index (κ2) is 6.10. The first-order valence-electron chi connectivity index (χ1n) is 5.41. The molecule has 4 nitrogen and oxygen atoms in total. The van der Waals surface area contributed by atoms with Crippen LogP contribution in [0.2, 0.25) is 0 Å². The molecule has 1 aromatic rings. The number of carbonyl (C=O) groups excluding carboxylic acids is 2. The van der Waals surface area contributed by atoms with Crippen LogP contribution in [0.5, 0.6) is 0 Å². The summed E-state index contributed by atoms with van der Waals surface area (Å²) in [5.41, 5.74) is 0.937. The maximum atomic E-state index is 13.4. The van der Waals surface area contributed by atoms with Crippen LogP contribution in [0.4, 0.5) is 14.5 Å². The van der Waals surface area contributed by atoms with Gasteiger partial charge in [-0.1, -0.05) is 6.07 Å². The third-order valence-electron chi connectivity index (χ3n) is 2.19. The van der Waals surface area contributed by atoms with E-state index in [2.05, 4.69) is 20.7 Å². The number of anilines is 1. The van der Waals surface area contributed by atoms with E-state index in [1.807, 2.05) is 5.32 Å². The van der Waals surface area contributed by atoms with E-state index >= 15 is 0 Å². The highest BCUT2D eigenvalue weighted by Gasteiger charge is 2.49. The summed E-state index contributed by atoms with van der Waals surface area (Å²) >= 11 is 3.12. The van der Waals surface area contributed by atoms with Crippen LogP contribution in [0.25, 0.3) is 0 Å². The normalized spacial score (nSPS) is 11.0. The fourth-order valence-corrected chi connectivity index (χ4v) is 1.60. The van der Waals surface area contributed by atoms with Crippen LogP contribution in [0.15, 0.2) is 22.7 Å². The summed E-state index contributed by atoms with van der Waals surface area (Å²) in [5, 5.41) is 1.99. The molecule has 0 bridgehead atoms. The van der Waals surface area contributed by atoms with Crippen LogP contribution in [0, 0.1) is 6.92 Å². The second-order valence-electron chi connectivity index (χ2n) is 3.73. The first-order valence-corrected chi connectivity index (χ1v) is 6.21. The summed E-state index contributed by atoms with van der Waals surface area (Å²) in [4.78, 5) is 22.4. The van der Waals surface area contributed by atoms with Gasteiger partial charge < -0.3 is 10.1 Å². The molecular formula is C12H12BrF2NO3. The number of hydrogen-bond acceptors (Lipinski definition) is 3. The average Bonchev–Trinajstić information content (AvgIpc) is 2.34. The minimum absolute atomic E-state index is 0.161. The van der Waals surface area contributed by atoms with Gasteiger partial charge in [-0.25, -0.2) is 4.79 Å². The van der Waals surface area contributed by atoms with Gasteiger partial charge in [0.2, 0.25) is 0 Å². The third kappa shape index (κ3) is 3.73. The van der Waals surface area contributed by atoms with E-state index in [9.17, 15) is 18.4 Å². The molecule has 0 spiro atoms. The van der Waals surface area contributed by atoms with Crippen molar-refractivity contribution in [1.82, 2.24) is 0 Å². The van der Waals surface area contributed by atoms with Gasteiger partial charge in [0.25, 0.3) is 0 Å². The van der Waals surface area contributed by atoms with Gasteiger partial charge in [0.1, 0.15) is 0 Å². The topological polar surface area (TPSA) is 55.4 Å². The lowest BCUT2D eigenvalue weighted by Crippen LogP contribution is -2.43. The molecule has 1 amide bonds. The molecular weight excluding hydrogens is 324 g/mol. The number of halogens is 3. The summed E-state index contributed by atoms with van der Waals surface area (Å²) in [6.07, 6.45) is 0. The molecule has 7 heteroatoms. The van der Waals surface area contributed by atoms with E-state index in [1.165, 1.54) is 13.0 Å². The minimum Gasteiger partial charge on any atom is -0.461 e. The zero-order valence-corrected chi connectivity index (χ0v) is 11.9. The average molecular weight is 336 g/mol. The minimum atomic E-state index is -4.22. The molecule has 0 aliphatic heterocycles. The largest absolute Gasteiger partial charge is 0.461 e.